The van der Waals surface area contributed by atoms with Crippen molar-refractivity contribution in [1.82, 2.24) is 15.0 Å². The molecule has 0 radical (unpaired) electrons. The maximum absolute atomic E-state index is 6.63. The minimum absolute atomic E-state index is 0.658. The maximum Gasteiger partial charge on any atom is 0.180 e. The van der Waals surface area contributed by atoms with Crippen LogP contribution in [0.25, 0.3) is 88.8 Å². The van der Waals surface area contributed by atoms with Crippen molar-refractivity contribution in [2.24, 2.45) is 0 Å². The van der Waals surface area contributed by atoms with Crippen LogP contribution in [0.3, 0.4) is 0 Å². The van der Waals surface area contributed by atoms with Gasteiger partial charge in [0.25, 0.3) is 0 Å². The highest BCUT2D eigenvalue weighted by Crippen LogP contribution is 2.41. The van der Waals surface area contributed by atoms with E-state index in [0.29, 0.717) is 11.4 Å². The minimum Gasteiger partial charge on any atom is -0.452 e. The number of halogens is 1. The number of furan rings is 1. The number of hydrogen-bond acceptors (Lipinski definition) is 3. The molecule has 3 aromatic heterocycles. The number of para-hydroxylation sites is 1. The Kier molecular flexibility index (Phi) is 5.93. The van der Waals surface area contributed by atoms with Gasteiger partial charge in [0.2, 0.25) is 0 Å². The zero-order chi connectivity index (χ0) is 29.9. The predicted molar refractivity (Wildman–Crippen MR) is 188 cm³/mol. The first-order valence-electron chi connectivity index (χ1n) is 14.9. The third-order valence-corrected chi connectivity index (χ3v) is 8.98. The van der Waals surface area contributed by atoms with Crippen molar-refractivity contribution >= 4 is 59.8 Å². The number of fused-ring (bicyclic) bond motifs is 7. The molecule has 6 aromatic carbocycles. The van der Waals surface area contributed by atoms with Crippen LogP contribution in [0, 0.1) is 0 Å². The molecule has 0 aliphatic rings. The molecule has 0 saturated carbocycles. The van der Waals surface area contributed by atoms with E-state index in [1.54, 1.807) is 0 Å². The van der Waals surface area contributed by atoms with E-state index < -0.39 is 0 Å². The molecular weight excluding hydrogens is 618 g/mol. The molecule has 9 rings (SSSR count). The Morgan fingerprint density at radius 1 is 0.511 bits per heavy atom. The lowest BCUT2D eigenvalue weighted by Crippen LogP contribution is -1.94. The fourth-order valence-electron chi connectivity index (χ4n) is 6.35. The number of H-pyrrole nitrogens is 1. The smallest absolute Gasteiger partial charge is 0.180 e. The Morgan fingerprint density at radius 2 is 1.20 bits per heavy atom. The summed E-state index contributed by atoms with van der Waals surface area (Å²) >= 11 is 3.60. The summed E-state index contributed by atoms with van der Waals surface area (Å²) in [6.45, 7) is 0. The summed E-state index contributed by atoms with van der Waals surface area (Å²) in [4.78, 5) is 14.0. The van der Waals surface area contributed by atoms with Gasteiger partial charge in [-0.2, -0.15) is 0 Å². The average Bonchev–Trinajstić information content (AvgIpc) is 3.66. The summed E-state index contributed by atoms with van der Waals surface area (Å²) in [5.74, 6) is 0.658. The van der Waals surface area contributed by atoms with Crippen LogP contribution in [0.1, 0.15) is 0 Å². The quantitative estimate of drug-likeness (QED) is 0.208. The molecular formula is C40H24BrN3O. The van der Waals surface area contributed by atoms with Gasteiger partial charge < -0.3 is 9.40 Å². The SMILES string of the molecule is Brc1cccc(-c2ccc(-c3nc(-c4cccc(-c5ccccc5)c4)nc4c3oc3ccc5[nH]c6ccccc6c5c34)cc2)c1. The number of aromatic amines is 1. The van der Waals surface area contributed by atoms with E-state index in [2.05, 4.69) is 142 Å². The van der Waals surface area contributed by atoms with Crippen LogP contribution >= 0.6 is 15.9 Å². The lowest BCUT2D eigenvalue weighted by molar-refractivity contribution is 0.667. The Balaban J connectivity index is 1.31. The van der Waals surface area contributed by atoms with Crippen LogP contribution in [0.5, 0.6) is 0 Å². The molecule has 0 unspecified atom stereocenters. The summed E-state index contributed by atoms with van der Waals surface area (Å²) < 4.78 is 7.68. The van der Waals surface area contributed by atoms with E-state index in [4.69, 9.17) is 14.4 Å². The average molecular weight is 643 g/mol. The molecule has 1 N–H and O–H groups in total. The number of rotatable bonds is 4. The molecule has 0 fully saturated rings. The fourth-order valence-corrected chi connectivity index (χ4v) is 6.75. The molecule has 0 amide bonds. The van der Waals surface area contributed by atoms with Gasteiger partial charge >= 0.3 is 0 Å². The van der Waals surface area contributed by atoms with Gasteiger partial charge in [0, 0.05) is 37.4 Å². The van der Waals surface area contributed by atoms with Crippen molar-refractivity contribution in [2.45, 2.75) is 0 Å². The number of aromatic nitrogens is 3. The van der Waals surface area contributed by atoms with Gasteiger partial charge in [0.15, 0.2) is 11.4 Å². The van der Waals surface area contributed by atoms with Gasteiger partial charge in [0.05, 0.1) is 5.39 Å². The molecule has 3 heterocycles. The standard InChI is InChI=1S/C40H24BrN3O/c41-30-13-7-11-28(23-30)25-16-18-26(19-17-25)37-39-38(36-34(45-39)21-20-33-35(36)31-14-4-5-15-32(31)42-33)44-40(43-37)29-12-6-10-27(22-29)24-8-2-1-3-9-24/h1-23,42H. The van der Waals surface area contributed by atoms with Crippen LogP contribution in [-0.4, -0.2) is 15.0 Å². The highest BCUT2D eigenvalue weighted by Gasteiger charge is 2.21. The Morgan fingerprint density at radius 3 is 2.04 bits per heavy atom. The van der Waals surface area contributed by atoms with E-state index in [0.717, 1.165) is 81.8 Å². The normalized spacial score (nSPS) is 11.7. The van der Waals surface area contributed by atoms with Crippen LogP contribution in [0.4, 0.5) is 0 Å². The molecule has 0 aliphatic carbocycles. The topological polar surface area (TPSA) is 54.7 Å². The Bertz CT molecular complexity index is 2550. The third-order valence-electron chi connectivity index (χ3n) is 8.49. The largest absolute Gasteiger partial charge is 0.452 e. The lowest BCUT2D eigenvalue weighted by Gasteiger charge is -2.09. The van der Waals surface area contributed by atoms with Crippen molar-refractivity contribution < 1.29 is 4.42 Å². The summed E-state index contributed by atoms with van der Waals surface area (Å²) in [6, 6.07) is 48.2. The van der Waals surface area contributed by atoms with Crippen molar-refractivity contribution in [3.8, 4) is 44.9 Å². The fraction of sp³-hybridized carbons (Fsp3) is 0. The summed E-state index contributed by atoms with van der Waals surface area (Å²) in [6.07, 6.45) is 0. The molecule has 45 heavy (non-hydrogen) atoms. The predicted octanol–water partition coefficient (Wildman–Crippen LogP) is 11.4. The summed E-state index contributed by atoms with van der Waals surface area (Å²) in [7, 11) is 0. The molecule has 0 spiro atoms. The summed E-state index contributed by atoms with van der Waals surface area (Å²) in [5, 5.41) is 3.25. The maximum atomic E-state index is 6.63. The first kappa shape index (κ1) is 25.9. The minimum atomic E-state index is 0.658. The third kappa shape index (κ3) is 4.35. The number of hydrogen-bond donors (Lipinski definition) is 1. The molecule has 212 valence electrons. The Hall–Kier alpha value is -5.52. The second-order valence-corrected chi connectivity index (χ2v) is 12.2. The molecule has 5 heteroatoms. The molecule has 0 bridgehead atoms. The lowest BCUT2D eigenvalue weighted by atomic mass is 10.0. The van der Waals surface area contributed by atoms with E-state index in [1.165, 1.54) is 0 Å². The molecule has 0 aliphatic heterocycles. The van der Waals surface area contributed by atoms with Gasteiger partial charge in [0.1, 0.15) is 16.8 Å². The number of benzene rings is 6. The van der Waals surface area contributed by atoms with Crippen LogP contribution < -0.4 is 0 Å². The van der Waals surface area contributed by atoms with E-state index in [9.17, 15) is 0 Å². The second kappa shape index (κ2) is 10.3. The van der Waals surface area contributed by atoms with E-state index in [1.807, 2.05) is 18.2 Å². The monoisotopic (exact) mass is 641 g/mol. The molecule has 4 nitrogen and oxygen atoms in total. The second-order valence-electron chi connectivity index (χ2n) is 11.2. The van der Waals surface area contributed by atoms with Crippen molar-refractivity contribution in [2.75, 3.05) is 0 Å². The molecule has 9 aromatic rings. The van der Waals surface area contributed by atoms with Gasteiger partial charge in [-0.3, -0.25) is 0 Å². The first-order chi connectivity index (χ1) is 22.2. The Labute approximate surface area is 267 Å². The number of nitrogens with one attached hydrogen (secondary N) is 1. The van der Waals surface area contributed by atoms with Gasteiger partial charge in [-0.15, -0.1) is 0 Å². The summed E-state index contributed by atoms with van der Waals surface area (Å²) in [5.41, 5.74) is 11.7. The van der Waals surface area contributed by atoms with Crippen molar-refractivity contribution in [3.05, 3.63) is 144 Å². The van der Waals surface area contributed by atoms with Crippen molar-refractivity contribution in [1.29, 1.82) is 0 Å². The first-order valence-corrected chi connectivity index (χ1v) is 15.6. The van der Waals surface area contributed by atoms with Gasteiger partial charge in [-0.05, 0) is 58.7 Å². The highest BCUT2D eigenvalue weighted by molar-refractivity contribution is 9.10. The van der Waals surface area contributed by atoms with Crippen LogP contribution in [0.15, 0.2) is 148 Å². The zero-order valence-corrected chi connectivity index (χ0v) is 25.5. The van der Waals surface area contributed by atoms with E-state index >= 15 is 0 Å². The molecule has 0 atom stereocenters. The van der Waals surface area contributed by atoms with Crippen LogP contribution in [-0.2, 0) is 0 Å². The highest BCUT2D eigenvalue weighted by atomic mass is 79.9. The number of nitrogens with zero attached hydrogens (tertiary/aromatic N) is 2. The van der Waals surface area contributed by atoms with Crippen molar-refractivity contribution in [3.63, 3.8) is 0 Å². The van der Waals surface area contributed by atoms with Gasteiger partial charge in [-0.1, -0.05) is 119 Å². The van der Waals surface area contributed by atoms with E-state index in [-0.39, 0.29) is 0 Å². The van der Waals surface area contributed by atoms with Crippen LogP contribution in [0.2, 0.25) is 0 Å². The molecule has 0 saturated heterocycles. The zero-order valence-electron chi connectivity index (χ0n) is 24.0. The van der Waals surface area contributed by atoms with Gasteiger partial charge in [-0.25, -0.2) is 9.97 Å².